The second-order valence-electron chi connectivity index (χ2n) is 8.43. The number of carbonyl (C=O) groups excluding carboxylic acids is 1. The monoisotopic (exact) mass is 374 g/mol. The van der Waals surface area contributed by atoms with E-state index in [1.54, 1.807) is 27.8 Å². The predicted octanol–water partition coefficient (Wildman–Crippen LogP) is 1.11. The van der Waals surface area contributed by atoms with Crippen LogP contribution in [0.1, 0.15) is 48.5 Å². The lowest BCUT2D eigenvalue weighted by Gasteiger charge is -2.49. The number of carbonyl (C=O) groups is 1. The van der Waals surface area contributed by atoms with Crippen LogP contribution in [0.2, 0.25) is 0 Å². The fraction of sp³-hybridized carbons (Fsp3) is 0.882. The molecule has 0 unspecified atom stereocenters. The summed E-state index contributed by atoms with van der Waals surface area (Å²) in [6.45, 7) is 14.3. The van der Waals surface area contributed by atoms with Crippen molar-refractivity contribution in [3.05, 3.63) is 0 Å². The van der Waals surface area contributed by atoms with Crippen molar-refractivity contribution >= 4 is 21.7 Å². The molecule has 0 saturated carbocycles. The van der Waals surface area contributed by atoms with E-state index < -0.39 is 14.6 Å². The highest BCUT2D eigenvalue weighted by molar-refractivity contribution is 7.92. The van der Waals surface area contributed by atoms with E-state index in [2.05, 4.69) is 10.3 Å². The molecular formula is C17H34N4O3S. The van der Waals surface area contributed by atoms with E-state index in [9.17, 15) is 13.2 Å². The minimum atomic E-state index is -3.20. The van der Waals surface area contributed by atoms with Crippen LogP contribution in [0.3, 0.4) is 0 Å². The number of amides is 1. The minimum Gasteiger partial charge on any atom is -0.355 e. The number of hydrogen-bond acceptors (Lipinski definition) is 4. The number of sulfone groups is 1. The van der Waals surface area contributed by atoms with Gasteiger partial charge in [0, 0.05) is 26.2 Å². The predicted molar refractivity (Wildman–Crippen MR) is 103 cm³/mol. The molecule has 0 bridgehead atoms. The third-order valence-corrected chi connectivity index (χ3v) is 7.05. The molecule has 1 rings (SSSR count). The average Bonchev–Trinajstić information content (AvgIpc) is 2.39. The molecule has 25 heavy (non-hydrogen) atoms. The molecule has 146 valence electrons. The van der Waals surface area contributed by atoms with Gasteiger partial charge in [0.05, 0.1) is 22.6 Å². The largest absolute Gasteiger partial charge is 0.355 e. The van der Waals surface area contributed by atoms with Crippen LogP contribution in [0, 0.1) is 0 Å². The van der Waals surface area contributed by atoms with Gasteiger partial charge in [0.15, 0.2) is 15.8 Å². The molecule has 1 heterocycles. The zero-order valence-electron chi connectivity index (χ0n) is 16.9. The van der Waals surface area contributed by atoms with E-state index in [0.717, 1.165) is 0 Å². The quantitative estimate of drug-likeness (QED) is 0.589. The Morgan fingerprint density at radius 3 is 2.28 bits per heavy atom. The Labute approximate surface area is 152 Å². The van der Waals surface area contributed by atoms with E-state index in [1.807, 2.05) is 37.5 Å². The third-order valence-electron chi connectivity index (χ3n) is 4.44. The molecule has 0 radical (unpaired) electrons. The first-order chi connectivity index (χ1) is 11.2. The van der Waals surface area contributed by atoms with Crippen LogP contribution in [-0.4, -0.2) is 78.8 Å². The summed E-state index contributed by atoms with van der Waals surface area (Å²) in [6.07, 6.45) is 0. The summed E-state index contributed by atoms with van der Waals surface area (Å²) >= 11 is 0. The first-order valence-corrected chi connectivity index (χ1v) is 10.4. The molecule has 8 heteroatoms. The lowest BCUT2D eigenvalue weighted by Crippen LogP contribution is -2.66. The lowest BCUT2D eigenvalue weighted by molar-refractivity contribution is -0.145. The number of nitrogens with zero attached hydrogens (tertiary/aromatic N) is 3. The average molecular weight is 375 g/mol. The summed E-state index contributed by atoms with van der Waals surface area (Å²) in [4.78, 5) is 20.6. The maximum Gasteiger partial charge on any atom is 0.242 e. The molecule has 0 aliphatic carbocycles. The Kier molecular flexibility index (Phi) is 6.53. The van der Waals surface area contributed by atoms with Gasteiger partial charge in [-0.1, -0.05) is 0 Å². The molecule has 0 spiro atoms. The van der Waals surface area contributed by atoms with Gasteiger partial charge >= 0.3 is 0 Å². The molecule has 0 atom stereocenters. The fourth-order valence-corrected chi connectivity index (χ4v) is 4.23. The zero-order valence-corrected chi connectivity index (χ0v) is 17.7. The Morgan fingerprint density at radius 1 is 1.32 bits per heavy atom. The standard InChI is InChI=1S/C17H34N4O3S/c1-13(2)21-14(22)11-20(12-17(21,6)7)15(18-8)19-9-10-25(23,24)16(3,4)5/h13H,9-12H2,1-8H3,(H,18,19). The maximum atomic E-state index is 12.6. The molecule has 0 aromatic rings. The van der Waals surface area contributed by atoms with Crippen LogP contribution in [0.4, 0.5) is 0 Å². The molecule has 0 aromatic carbocycles. The smallest absolute Gasteiger partial charge is 0.242 e. The number of aliphatic imine (C=N–C) groups is 1. The number of nitrogens with one attached hydrogen (secondary N) is 1. The number of rotatable bonds is 4. The highest BCUT2D eigenvalue weighted by Gasteiger charge is 2.40. The van der Waals surface area contributed by atoms with Gasteiger partial charge in [-0.25, -0.2) is 8.42 Å². The van der Waals surface area contributed by atoms with E-state index >= 15 is 0 Å². The van der Waals surface area contributed by atoms with E-state index in [-0.39, 0.29) is 36.3 Å². The summed E-state index contributed by atoms with van der Waals surface area (Å²) in [5.74, 6) is 0.643. The molecule has 1 fully saturated rings. The first kappa shape index (κ1) is 21.7. The molecule has 0 aromatic heterocycles. The van der Waals surface area contributed by atoms with Crippen molar-refractivity contribution in [1.82, 2.24) is 15.1 Å². The van der Waals surface area contributed by atoms with Crippen molar-refractivity contribution in [2.75, 3.05) is 32.4 Å². The minimum absolute atomic E-state index is 0.0266. The van der Waals surface area contributed by atoms with Gasteiger partial charge in [0.25, 0.3) is 0 Å². The van der Waals surface area contributed by atoms with Crippen LogP contribution < -0.4 is 5.32 Å². The van der Waals surface area contributed by atoms with Crippen LogP contribution in [0.5, 0.6) is 0 Å². The Bertz CT molecular complexity index is 618. The van der Waals surface area contributed by atoms with Crippen molar-refractivity contribution in [1.29, 1.82) is 0 Å². The summed E-state index contributed by atoms with van der Waals surface area (Å²) < 4.78 is 23.7. The fourth-order valence-electron chi connectivity index (χ4n) is 3.25. The van der Waals surface area contributed by atoms with Gasteiger partial charge in [0.2, 0.25) is 5.91 Å². The van der Waals surface area contributed by atoms with Gasteiger partial charge in [-0.2, -0.15) is 0 Å². The number of hydrogen-bond donors (Lipinski definition) is 1. The van der Waals surface area contributed by atoms with Crippen molar-refractivity contribution in [2.24, 2.45) is 4.99 Å². The molecule has 1 aliphatic rings. The van der Waals surface area contributed by atoms with Crippen LogP contribution in [0.15, 0.2) is 4.99 Å². The molecule has 1 amide bonds. The van der Waals surface area contributed by atoms with E-state index in [1.165, 1.54) is 0 Å². The number of piperazine rings is 1. The summed E-state index contributed by atoms with van der Waals surface area (Å²) in [7, 11) is -1.55. The summed E-state index contributed by atoms with van der Waals surface area (Å²) in [5.41, 5.74) is -0.321. The van der Waals surface area contributed by atoms with Gasteiger partial charge in [-0.3, -0.25) is 9.79 Å². The Hall–Kier alpha value is -1.31. The van der Waals surface area contributed by atoms with Crippen molar-refractivity contribution in [3.63, 3.8) is 0 Å². The van der Waals surface area contributed by atoms with Crippen LogP contribution in [-0.2, 0) is 14.6 Å². The molecule has 1 N–H and O–H groups in total. The van der Waals surface area contributed by atoms with Crippen molar-refractivity contribution in [3.8, 4) is 0 Å². The molecule has 7 nitrogen and oxygen atoms in total. The van der Waals surface area contributed by atoms with Gasteiger partial charge in [-0.15, -0.1) is 0 Å². The van der Waals surface area contributed by atoms with Gasteiger partial charge in [0.1, 0.15) is 0 Å². The lowest BCUT2D eigenvalue weighted by atomic mass is 9.96. The Balaban J connectivity index is 2.78. The normalized spacial score (nSPS) is 19.6. The third kappa shape index (κ3) is 5.09. The zero-order chi connectivity index (χ0) is 19.6. The number of guanidine groups is 1. The molecular weight excluding hydrogens is 340 g/mol. The van der Waals surface area contributed by atoms with Crippen molar-refractivity contribution < 1.29 is 13.2 Å². The van der Waals surface area contributed by atoms with E-state index in [4.69, 9.17) is 0 Å². The van der Waals surface area contributed by atoms with Crippen LogP contribution >= 0.6 is 0 Å². The topological polar surface area (TPSA) is 82.1 Å². The highest BCUT2D eigenvalue weighted by Crippen LogP contribution is 2.24. The molecule has 1 saturated heterocycles. The first-order valence-electron chi connectivity index (χ1n) is 8.73. The van der Waals surface area contributed by atoms with Gasteiger partial charge < -0.3 is 15.1 Å². The summed E-state index contributed by atoms with van der Waals surface area (Å²) in [5, 5.41) is 3.10. The van der Waals surface area contributed by atoms with Crippen LogP contribution in [0.25, 0.3) is 0 Å². The second kappa shape index (κ2) is 7.51. The second-order valence-corrected chi connectivity index (χ2v) is 11.3. The maximum absolute atomic E-state index is 12.6. The molecule has 1 aliphatic heterocycles. The van der Waals surface area contributed by atoms with Crippen molar-refractivity contribution in [2.45, 2.75) is 64.8 Å². The Morgan fingerprint density at radius 2 is 1.88 bits per heavy atom. The SMILES string of the molecule is CN=C(NCCS(=O)(=O)C(C)(C)C)N1CC(=O)N(C(C)C)C(C)(C)C1. The van der Waals surface area contributed by atoms with Gasteiger partial charge in [-0.05, 0) is 48.5 Å². The summed E-state index contributed by atoms with van der Waals surface area (Å²) in [6, 6.07) is 0.136. The highest BCUT2D eigenvalue weighted by atomic mass is 32.2. The van der Waals surface area contributed by atoms with E-state index in [0.29, 0.717) is 12.5 Å².